The number of aryl methyl sites for hydroxylation is 1. The predicted molar refractivity (Wildman–Crippen MR) is 48.4 cm³/mol. The summed E-state index contributed by atoms with van der Waals surface area (Å²) in [6.07, 6.45) is 2.37. The van der Waals surface area contributed by atoms with Crippen molar-refractivity contribution in [3.63, 3.8) is 0 Å². The molecule has 2 nitrogen and oxygen atoms in total. The van der Waals surface area contributed by atoms with E-state index in [0.717, 1.165) is 11.5 Å². The van der Waals surface area contributed by atoms with Crippen LogP contribution in [0.2, 0.25) is 5.15 Å². The van der Waals surface area contributed by atoms with Crippen LogP contribution in [-0.4, -0.2) is 9.97 Å². The molecule has 3 heteroatoms. The first kappa shape index (κ1) is 7.99. The molecule has 0 aromatic carbocycles. The largest absolute Gasteiger partial charge is 0.238 e. The van der Waals surface area contributed by atoms with Gasteiger partial charge in [-0.15, -0.1) is 0 Å². The van der Waals surface area contributed by atoms with Crippen molar-refractivity contribution in [1.29, 1.82) is 0 Å². The second-order valence-corrected chi connectivity index (χ2v) is 4.10. The van der Waals surface area contributed by atoms with Gasteiger partial charge in [-0.1, -0.05) is 18.5 Å². The van der Waals surface area contributed by atoms with E-state index in [1.54, 1.807) is 6.07 Å². The average molecular weight is 183 g/mol. The molecule has 0 spiro atoms. The number of rotatable bonds is 1. The van der Waals surface area contributed by atoms with E-state index in [2.05, 4.69) is 16.9 Å². The van der Waals surface area contributed by atoms with Crippen molar-refractivity contribution in [2.75, 3.05) is 0 Å². The standard InChI is InChI=1S/C9H11ClN2/c1-6-5-7(10)12-8(11-6)9(2)3-4-9/h5H,3-4H2,1-2H3. The van der Waals surface area contributed by atoms with Gasteiger partial charge in [0.25, 0.3) is 0 Å². The van der Waals surface area contributed by atoms with Gasteiger partial charge in [-0.3, -0.25) is 0 Å². The van der Waals surface area contributed by atoms with Crippen molar-refractivity contribution >= 4 is 11.6 Å². The van der Waals surface area contributed by atoms with Gasteiger partial charge in [0.15, 0.2) is 0 Å². The molecule has 2 rings (SSSR count). The van der Waals surface area contributed by atoms with Crippen LogP contribution in [0.15, 0.2) is 6.07 Å². The van der Waals surface area contributed by atoms with Crippen molar-refractivity contribution in [2.24, 2.45) is 0 Å². The summed E-state index contributed by atoms with van der Waals surface area (Å²) in [5, 5.41) is 0.561. The molecule has 0 radical (unpaired) electrons. The molecule has 1 saturated carbocycles. The maximum absolute atomic E-state index is 5.83. The van der Waals surface area contributed by atoms with Gasteiger partial charge in [0.2, 0.25) is 0 Å². The van der Waals surface area contributed by atoms with Crippen molar-refractivity contribution in [1.82, 2.24) is 9.97 Å². The highest BCUT2D eigenvalue weighted by molar-refractivity contribution is 6.29. The summed E-state index contributed by atoms with van der Waals surface area (Å²) in [7, 11) is 0. The van der Waals surface area contributed by atoms with E-state index in [0.29, 0.717) is 5.15 Å². The third kappa shape index (κ3) is 1.31. The van der Waals surface area contributed by atoms with Crippen molar-refractivity contribution in [3.8, 4) is 0 Å². The molecule has 0 bridgehead atoms. The van der Waals surface area contributed by atoms with Gasteiger partial charge in [0, 0.05) is 11.1 Å². The molecule has 1 aliphatic carbocycles. The lowest BCUT2D eigenvalue weighted by Crippen LogP contribution is -2.07. The van der Waals surface area contributed by atoms with E-state index in [1.807, 2.05) is 6.92 Å². The molecule has 1 aromatic heterocycles. The molecule has 0 N–H and O–H groups in total. The Morgan fingerprint density at radius 3 is 2.58 bits per heavy atom. The van der Waals surface area contributed by atoms with Gasteiger partial charge in [0.05, 0.1) is 0 Å². The van der Waals surface area contributed by atoms with Crippen LogP contribution < -0.4 is 0 Å². The lowest BCUT2D eigenvalue weighted by atomic mass is 10.1. The minimum absolute atomic E-state index is 0.218. The Balaban J connectivity index is 2.44. The van der Waals surface area contributed by atoms with Crippen LogP contribution in [0.5, 0.6) is 0 Å². The highest BCUT2D eigenvalue weighted by atomic mass is 35.5. The number of nitrogens with zero attached hydrogens (tertiary/aromatic N) is 2. The summed E-state index contributed by atoms with van der Waals surface area (Å²) < 4.78 is 0. The average Bonchev–Trinajstić information content (AvgIpc) is 2.67. The van der Waals surface area contributed by atoms with E-state index in [4.69, 9.17) is 11.6 Å². The van der Waals surface area contributed by atoms with Gasteiger partial charge in [0.1, 0.15) is 11.0 Å². The zero-order valence-corrected chi connectivity index (χ0v) is 8.02. The Morgan fingerprint density at radius 1 is 1.42 bits per heavy atom. The first-order valence-corrected chi connectivity index (χ1v) is 4.50. The smallest absolute Gasteiger partial charge is 0.136 e. The van der Waals surface area contributed by atoms with E-state index in [1.165, 1.54) is 12.8 Å². The second kappa shape index (κ2) is 2.43. The summed E-state index contributed by atoms with van der Waals surface area (Å²) in [6.45, 7) is 4.13. The van der Waals surface area contributed by atoms with Gasteiger partial charge < -0.3 is 0 Å². The molecular weight excluding hydrogens is 172 g/mol. The maximum atomic E-state index is 5.83. The van der Waals surface area contributed by atoms with Gasteiger partial charge in [-0.25, -0.2) is 9.97 Å². The minimum Gasteiger partial charge on any atom is -0.238 e. The Bertz CT molecular complexity index is 298. The lowest BCUT2D eigenvalue weighted by molar-refractivity contribution is 0.703. The summed E-state index contributed by atoms with van der Waals surface area (Å²) in [5.74, 6) is 0.910. The zero-order chi connectivity index (χ0) is 8.77. The highest BCUT2D eigenvalue weighted by Gasteiger charge is 2.42. The van der Waals surface area contributed by atoms with Crippen LogP contribution in [0, 0.1) is 6.92 Å². The summed E-state index contributed by atoms with van der Waals surface area (Å²) in [5.41, 5.74) is 1.17. The van der Waals surface area contributed by atoms with Crippen molar-refractivity contribution in [2.45, 2.75) is 32.1 Å². The number of hydrogen-bond acceptors (Lipinski definition) is 2. The summed E-state index contributed by atoms with van der Waals surface area (Å²) >= 11 is 5.83. The molecule has 0 amide bonds. The Hall–Kier alpha value is -0.630. The molecule has 1 heterocycles. The van der Waals surface area contributed by atoms with Crippen molar-refractivity contribution in [3.05, 3.63) is 22.7 Å². The molecule has 64 valence electrons. The number of halogens is 1. The molecule has 1 fully saturated rings. The van der Waals surface area contributed by atoms with Crippen LogP contribution in [0.1, 0.15) is 31.3 Å². The van der Waals surface area contributed by atoms with Gasteiger partial charge >= 0.3 is 0 Å². The SMILES string of the molecule is Cc1cc(Cl)nc(C2(C)CC2)n1. The van der Waals surface area contributed by atoms with Crippen LogP contribution >= 0.6 is 11.6 Å². The molecule has 1 aliphatic rings. The zero-order valence-electron chi connectivity index (χ0n) is 7.26. The van der Waals surface area contributed by atoms with Crippen molar-refractivity contribution < 1.29 is 0 Å². The van der Waals surface area contributed by atoms with Crippen LogP contribution in [0.3, 0.4) is 0 Å². The van der Waals surface area contributed by atoms with Crippen LogP contribution in [0.25, 0.3) is 0 Å². The van der Waals surface area contributed by atoms with E-state index in [-0.39, 0.29) is 5.41 Å². The molecular formula is C9H11ClN2. The van der Waals surface area contributed by atoms with Crippen LogP contribution in [0.4, 0.5) is 0 Å². The second-order valence-electron chi connectivity index (χ2n) is 3.72. The maximum Gasteiger partial charge on any atom is 0.136 e. The fourth-order valence-corrected chi connectivity index (χ4v) is 1.45. The Labute approximate surface area is 77.0 Å². The van der Waals surface area contributed by atoms with Crippen LogP contribution in [-0.2, 0) is 5.41 Å². The fraction of sp³-hybridized carbons (Fsp3) is 0.556. The highest BCUT2D eigenvalue weighted by Crippen LogP contribution is 2.46. The number of aromatic nitrogens is 2. The Morgan fingerprint density at radius 2 is 2.08 bits per heavy atom. The van der Waals surface area contributed by atoms with E-state index in [9.17, 15) is 0 Å². The van der Waals surface area contributed by atoms with E-state index < -0.39 is 0 Å². The van der Waals surface area contributed by atoms with Gasteiger partial charge in [-0.2, -0.15) is 0 Å². The quantitative estimate of drug-likeness (QED) is 0.624. The molecule has 0 atom stereocenters. The normalized spacial score (nSPS) is 19.2. The Kier molecular flexibility index (Phi) is 1.62. The summed E-state index contributed by atoms with van der Waals surface area (Å²) in [4.78, 5) is 8.59. The molecule has 1 aromatic rings. The predicted octanol–water partition coefficient (Wildman–Crippen LogP) is 2.49. The van der Waals surface area contributed by atoms with E-state index >= 15 is 0 Å². The monoisotopic (exact) mass is 182 g/mol. The molecule has 12 heavy (non-hydrogen) atoms. The van der Waals surface area contributed by atoms with Gasteiger partial charge in [-0.05, 0) is 25.8 Å². The summed E-state index contributed by atoms with van der Waals surface area (Å²) in [6, 6.07) is 1.79. The fourth-order valence-electron chi connectivity index (χ4n) is 1.21. The number of hydrogen-bond donors (Lipinski definition) is 0. The third-order valence-electron chi connectivity index (χ3n) is 2.36. The topological polar surface area (TPSA) is 25.8 Å². The third-order valence-corrected chi connectivity index (χ3v) is 2.56. The molecule has 0 saturated heterocycles. The molecule has 0 unspecified atom stereocenters. The minimum atomic E-state index is 0.218. The lowest BCUT2D eigenvalue weighted by Gasteiger charge is -2.06. The first-order chi connectivity index (χ1) is 5.60. The molecule has 0 aliphatic heterocycles. The first-order valence-electron chi connectivity index (χ1n) is 4.12.